The fraction of sp³-hybridized carbons (Fsp3) is 0.115. The van der Waals surface area contributed by atoms with Gasteiger partial charge < -0.3 is 8.83 Å². The summed E-state index contributed by atoms with van der Waals surface area (Å²) in [5.41, 5.74) is 18.9. The Balaban J connectivity index is 0.919. The number of furan rings is 2. The SMILES string of the molecule is C=Cc1cccc(-c2c3c(c(-c4ccc5c(c4)C(C)(C)c4cc(-c6ccc7c(c6)oc6ccc8c(ccc9oc%10c(c98)CCC=C%10)c67)ccc4-5)c4ccccc24)=CCCC=3)c1C=C. The third-order valence-electron chi connectivity index (χ3n) is 14.5. The predicted octanol–water partition coefficient (Wildman–Crippen LogP) is 15.5. The molecule has 0 saturated carbocycles. The summed E-state index contributed by atoms with van der Waals surface area (Å²) >= 11 is 0. The van der Waals surface area contributed by atoms with Crippen molar-refractivity contribution in [3.8, 4) is 44.5 Å². The highest BCUT2D eigenvalue weighted by Crippen LogP contribution is 2.51. The average Bonchev–Trinajstić information content (AvgIpc) is 3.97. The van der Waals surface area contributed by atoms with Crippen LogP contribution < -0.4 is 10.4 Å². The van der Waals surface area contributed by atoms with Gasteiger partial charge in [-0.2, -0.15) is 0 Å². The molecule has 2 heteroatoms. The van der Waals surface area contributed by atoms with Gasteiger partial charge in [-0.05, 0) is 179 Å². The van der Waals surface area contributed by atoms with Crippen LogP contribution in [-0.4, -0.2) is 0 Å². The lowest BCUT2D eigenvalue weighted by Crippen LogP contribution is -2.31. The van der Waals surface area contributed by atoms with Crippen molar-refractivity contribution >= 4 is 84.8 Å². The first-order chi connectivity index (χ1) is 30.9. The molecule has 2 aromatic heterocycles. The Morgan fingerprint density at radius 2 is 1.17 bits per heavy atom. The van der Waals surface area contributed by atoms with Crippen molar-refractivity contribution in [3.05, 3.63) is 185 Å². The molecule has 0 fully saturated rings. The zero-order valence-corrected chi connectivity index (χ0v) is 35.6. The molecule has 300 valence electrons. The highest BCUT2D eigenvalue weighted by Gasteiger charge is 2.36. The van der Waals surface area contributed by atoms with Crippen LogP contribution in [-0.2, 0) is 11.8 Å². The van der Waals surface area contributed by atoms with Crippen molar-refractivity contribution in [3.63, 3.8) is 0 Å². The summed E-state index contributed by atoms with van der Waals surface area (Å²) in [5, 5.41) is 11.2. The van der Waals surface area contributed by atoms with Crippen molar-refractivity contribution in [1.29, 1.82) is 0 Å². The minimum absolute atomic E-state index is 0.206. The van der Waals surface area contributed by atoms with Gasteiger partial charge in [0.15, 0.2) is 0 Å². The van der Waals surface area contributed by atoms with Crippen LogP contribution in [0.4, 0.5) is 0 Å². The molecule has 0 atom stereocenters. The first-order valence-electron chi connectivity index (χ1n) is 22.3. The fourth-order valence-electron chi connectivity index (χ4n) is 11.6. The molecule has 0 radical (unpaired) electrons. The summed E-state index contributed by atoms with van der Waals surface area (Å²) < 4.78 is 12.9. The van der Waals surface area contributed by atoms with E-state index in [2.05, 4.69) is 173 Å². The van der Waals surface area contributed by atoms with Crippen LogP contribution in [0, 0.1) is 0 Å². The van der Waals surface area contributed by atoms with Crippen molar-refractivity contribution in [2.45, 2.75) is 44.9 Å². The zero-order chi connectivity index (χ0) is 42.1. The Morgan fingerprint density at radius 3 is 1.94 bits per heavy atom. The van der Waals surface area contributed by atoms with Gasteiger partial charge in [0.25, 0.3) is 0 Å². The first kappa shape index (κ1) is 36.3. The molecular weight excluding hydrogens is 765 g/mol. The van der Waals surface area contributed by atoms with Gasteiger partial charge in [-0.25, -0.2) is 0 Å². The number of aryl methyl sites for hydroxylation is 1. The number of fused-ring (bicyclic) bond motifs is 14. The molecule has 0 N–H and O–H groups in total. The Kier molecular flexibility index (Phi) is 7.65. The maximum absolute atomic E-state index is 6.64. The largest absolute Gasteiger partial charge is 0.456 e. The van der Waals surface area contributed by atoms with E-state index in [0.29, 0.717) is 0 Å². The van der Waals surface area contributed by atoms with E-state index in [9.17, 15) is 0 Å². The molecule has 2 heterocycles. The lowest BCUT2D eigenvalue weighted by molar-refractivity contribution is 0.595. The van der Waals surface area contributed by atoms with E-state index in [-0.39, 0.29) is 5.41 Å². The lowest BCUT2D eigenvalue weighted by atomic mass is 9.80. The van der Waals surface area contributed by atoms with Gasteiger partial charge in [-0.1, -0.05) is 130 Å². The summed E-state index contributed by atoms with van der Waals surface area (Å²) in [6.07, 6.45) is 17.3. The Labute approximate surface area is 366 Å². The maximum atomic E-state index is 6.64. The number of hydrogen-bond acceptors (Lipinski definition) is 2. The standard InChI is InChI=1S/C61H44O2/c1-5-35-14-13-20-42(39(35)6-2)58-45-17-9-7-15-43(45)57(44-16-8-10-18-46(44)58)38-24-26-41-40-25-22-36(32-51(40)61(3,4)52(41)33-38)37-23-27-50-56(34-37)63-55-31-29-47-48(60(50)55)28-30-54-59(47)49-19-11-12-21-53(49)62-54/h5-7,9,12-18,20-34H,1-2,8,10-11,19H2,3-4H3. The highest BCUT2D eigenvalue weighted by atomic mass is 16.3. The Hall–Kier alpha value is -7.42. The molecular formula is C61H44O2. The van der Waals surface area contributed by atoms with Gasteiger partial charge in [-0.15, -0.1) is 0 Å². The second-order valence-corrected chi connectivity index (χ2v) is 18.1. The summed E-state index contributed by atoms with van der Waals surface area (Å²) in [5.74, 6) is 0.996. The minimum Gasteiger partial charge on any atom is -0.456 e. The van der Waals surface area contributed by atoms with Gasteiger partial charge in [0.05, 0.1) is 0 Å². The molecule has 0 unspecified atom stereocenters. The van der Waals surface area contributed by atoms with Crippen molar-refractivity contribution in [2.24, 2.45) is 0 Å². The van der Waals surface area contributed by atoms with Crippen LogP contribution in [0.3, 0.4) is 0 Å². The summed E-state index contributed by atoms with van der Waals surface area (Å²) in [6, 6.07) is 45.2. The second-order valence-electron chi connectivity index (χ2n) is 18.1. The van der Waals surface area contributed by atoms with Gasteiger partial charge in [0, 0.05) is 27.1 Å². The van der Waals surface area contributed by atoms with Crippen LogP contribution in [0.2, 0.25) is 0 Å². The molecule has 3 aliphatic rings. The van der Waals surface area contributed by atoms with E-state index >= 15 is 0 Å². The molecule has 10 aromatic rings. The van der Waals surface area contributed by atoms with Crippen molar-refractivity contribution < 1.29 is 8.83 Å². The number of hydrogen-bond donors (Lipinski definition) is 0. The van der Waals surface area contributed by atoms with Crippen LogP contribution in [0.5, 0.6) is 0 Å². The third kappa shape index (κ3) is 5.07. The molecule has 0 spiro atoms. The Bertz CT molecular complexity index is 3860. The molecule has 0 saturated heterocycles. The molecule has 3 aliphatic carbocycles. The summed E-state index contributed by atoms with van der Waals surface area (Å²) in [4.78, 5) is 0. The van der Waals surface area contributed by atoms with Crippen LogP contribution in [0.25, 0.3) is 129 Å². The lowest BCUT2D eigenvalue weighted by Gasteiger charge is -2.23. The van der Waals surface area contributed by atoms with E-state index in [0.717, 1.165) is 70.3 Å². The molecule has 0 bridgehead atoms. The molecule has 8 aromatic carbocycles. The smallest absolute Gasteiger partial charge is 0.136 e. The van der Waals surface area contributed by atoms with Crippen LogP contribution in [0.15, 0.2) is 149 Å². The number of benzene rings is 8. The van der Waals surface area contributed by atoms with Gasteiger partial charge in [0.2, 0.25) is 0 Å². The van der Waals surface area contributed by atoms with Gasteiger partial charge in [0.1, 0.15) is 22.5 Å². The van der Waals surface area contributed by atoms with E-state index in [1.165, 1.54) is 98.4 Å². The summed E-state index contributed by atoms with van der Waals surface area (Å²) in [6.45, 7) is 13.2. The van der Waals surface area contributed by atoms with E-state index in [4.69, 9.17) is 8.83 Å². The normalized spacial score (nSPS) is 14.7. The molecule has 2 nitrogen and oxygen atoms in total. The van der Waals surface area contributed by atoms with E-state index < -0.39 is 0 Å². The second kappa shape index (κ2) is 13.3. The van der Waals surface area contributed by atoms with E-state index in [1.807, 2.05) is 12.2 Å². The van der Waals surface area contributed by atoms with Crippen LogP contribution in [0.1, 0.15) is 66.7 Å². The maximum Gasteiger partial charge on any atom is 0.136 e. The molecule has 13 rings (SSSR count). The third-order valence-corrected chi connectivity index (χ3v) is 14.5. The Morgan fingerprint density at radius 1 is 0.524 bits per heavy atom. The number of rotatable bonds is 5. The van der Waals surface area contributed by atoms with Crippen LogP contribution >= 0.6 is 0 Å². The van der Waals surface area contributed by atoms with Crippen molar-refractivity contribution in [1.82, 2.24) is 0 Å². The summed E-state index contributed by atoms with van der Waals surface area (Å²) in [7, 11) is 0. The number of allylic oxidation sites excluding steroid dienone is 1. The highest BCUT2D eigenvalue weighted by molar-refractivity contribution is 6.24. The fourth-order valence-corrected chi connectivity index (χ4v) is 11.6. The zero-order valence-electron chi connectivity index (χ0n) is 35.6. The van der Waals surface area contributed by atoms with Gasteiger partial charge in [-0.3, -0.25) is 0 Å². The molecule has 63 heavy (non-hydrogen) atoms. The molecule has 0 aliphatic heterocycles. The minimum atomic E-state index is -0.206. The molecule has 0 amide bonds. The monoisotopic (exact) mass is 808 g/mol. The topological polar surface area (TPSA) is 26.3 Å². The predicted molar refractivity (Wildman–Crippen MR) is 267 cm³/mol. The first-order valence-corrected chi connectivity index (χ1v) is 22.3. The average molecular weight is 809 g/mol. The van der Waals surface area contributed by atoms with E-state index in [1.54, 1.807) is 0 Å². The van der Waals surface area contributed by atoms with Crippen molar-refractivity contribution in [2.75, 3.05) is 0 Å². The quantitative estimate of drug-likeness (QED) is 0.173. The van der Waals surface area contributed by atoms with Gasteiger partial charge >= 0.3 is 0 Å².